The number of rotatable bonds is 13. The van der Waals surface area contributed by atoms with Crippen molar-refractivity contribution in [1.29, 1.82) is 0 Å². The normalized spacial score (nSPS) is 10.7. The number of hydrazone groups is 1. The summed E-state index contributed by atoms with van der Waals surface area (Å²) >= 11 is 6.27. The van der Waals surface area contributed by atoms with Gasteiger partial charge in [-0.15, -0.1) is 6.58 Å². The van der Waals surface area contributed by atoms with E-state index in [-0.39, 0.29) is 25.1 Å². The summed E-state index contributed by atoms with van der Waals surface area (Å²) in [6.45, 7) is 6.42. The van der Waals surface area contributed by atoms with Crippen LogP contribution in [0.2, 0.25) is 5.02 Å². The SMILES string of the molecule is C=CCc1cc(C=NNC(=O)CCNC(=O)c2ccccc2F)cc(OCC)c1OCc1ccccc1Cl. The Morgan fingerprint density at radius 2 is 1.84 bits per heavy atom. The number of nitrogens with one attached hydrogen (secondary N) is 2. The van der Waals surface area contributed by atoms with Crippen molar-refractivity contribution >= 4 is 29.6 Å². The third-order valence-corrected chi connectivity index (χ3v) is 5.68. The summed E-state index contributed by atoms with van der Waals surface area (Å²) in [7, 11) is 0. The second-order valence-electron chi connectivity index (χ2n) is 8.09. The first-order valence-corrected chi connectivity index (χ1v) is 12.4. The maximum absolute atomic E-state index is 13.7. The quantitative estimate of drug-likeness (QED) is 0.172. The first kappa shape index (κ1) is 28.4. The Hall–Kier alpha value is -4.17. The summed E-state index contributed by atoms with van der Waals surface area (Å²) in [6, 6.07) is 16.7. The van der Waals surface area contributed by atoms with Gasteiger partial charge in [0.1, 0.15) is 12.4 Å². The average molecular weight is 538 g/mol. The zero-order valence-corrected chi connectivity index (χ0v) is 21.8. The number of ether oxygens (including phenoxy) is 2. The lowest BCUT2D eigenvalue weighted by Crippen LogP contribution is -2.29. The van der Waals surface area contributed by atoms with Crippen LogP contribution in [0.15, 0.2) is 78.4 Å². The molecule has 0 fully saturated rings. The van der Waals surface area contributed by atoms with Gasteiger partial charge in [-0.3, -0.25) is 9.59 Å². The number of carbonyl (C=O) groups is 2. The standard InChI is InChI=1S/C29H29ClFN3O4/c1-3-9-21-16-20(17-26(37-4-2)28(21)38-19-22-10-5-7-12-24(22)30)18-33-34-27(35)14-15-32-29(36)23-11-6-8-13-25(23)31/h3,5-8,10-13,16-18H,1,4,9,14-15,19H2,2H3,(H,32,36)(H,34,35). The smallest absolute Gasteiger partial charge is 0.254 e. The van der Waals surface area contributed by atoms with E-state index in [2.05, 4.69) is 22.4 Å². The van der Waals surface area contributed by atoms with Crippen LogP contribution in [-0.2, 0) is 17.8 Å². The molecule has 0 aliphatic carbocycles. The Morgan fingerprint density at radius 3 is 2.58 bits per heavy atom. The predicted octanol–water partition coefficient (Wildman–Crippen LogP) is 5.46. The van der Waals surface area contributed by atoms with Gasteiger partial charge in [0.2, 0.25) is 5.91 Å². The van der Waals surface area contributed by atoms with Gasteiger partial charge in [-0.05, 0) is 49.2 Å². The number of carbonyl (C=O) groups excluding carboxylic acids is 2. The molecule has 0 unspecified atom stereocenters. The molecule has 0 saturated heterocycles. The van der Waals surface area contributed by atoms with Gasteiger partial charge in [0.25, 0.3) is 5.91 Å². The molecule has 0 aliphatic heterocycles. The van der Waals surface area contributed by atoms with Crippen molar-refractivity contribution in [3.05, 3.63) is 106 Å². The molecule has 0 heterocycles. The van der Waals surface area contributed by atoms with E-state index in [1.54, 1.807) is 24.3 Å². The van der Waals surface area contributed by atoms with Gasteiger partial charge in [-0.1, -0.05) is 48.0 Å². The highest BCUT2D eigenvalue weighted by Crippen LogP contribution is 2.34. The van der Waals surface area contributed by atoms with Crippen molar-refractivity contribution in [2.75, 3.05) is 13.2 Å². The Morgan fingerprint density at radius 1 is 1.08 bits per heavy atom. The summed E-state index contributed by atoms with van der Waals surface area (Å²) in [5, 5.41) is 7.14. The van der Waals surface area contributed by atoms with Gasteiger partial charge in [-0.2, -0.15) is 5.10 Å². The van der Waals surface area contributed by atoms with Crippen LogP contribution < -0.4 is 20.2 Å². The topological polar surface area (TPSA) is 89.0 Å². The van der Waals surface area contributed by atoms with E-state index in [4.69, 9.17) is 21.1 Å². The van der Waals surface area contributed by atoms with Gasteiger partial charge in [0.05, 0.1) is 18.4 Å². The summed E-state index contributed by atoms with van der Waals surface area (Å²) in [5.74, 6) is -0.511. The van der Waals surface area contributed by atoms with Crippen LogP contribution in [0.5, 0.6) is 11.5 Å². The molecule has 38 heavy (non-hydrogen) atoms. The Bertz CT molecular complexity index is 1310. The van der Waals surface area contributed by atoms with Crippen LogP contribution in [0, 0.1) is 5.82 Å². The van der Waals surface area contributed by atoms with E-state index in [0.717, 1.165) is 11.1 Å². The molecule has 0 radical (unpaired) electrons. The Kier molecular flexibility index (Phi) is 10.9. The fourth-order valence-corrected chi connectivity index (χ4v) is 3.71. The van der Waals surface area contributed by atoms with E-state index in [0.29, 0.717) is 35.1 Å². The number of hydrogen-bond acceptors (Lipinski definition) is 5. The highest BCUT2D eigenvalue weighted by Gasteiger charge is 2.14. The van der Waals surface area contributed by atoms with Crippen molar-refractivity contribution in [3.8, 4) is 11.5 Å². The Balaban J connectivity index is 1.62. The minimum atomic E-state index is -0.624. The fourth-order valence-electron chi connectivity index (χ4n) is 3.52. The fraction of sp³-hybridized carbons (Fsp3) is 0.207. The third kappa shape index (κ3) is 8.18. The molecule has 3 aromatic rings. The molecule has 3 aromatic carbocycles. The molecule has 0 atom stereocenters. The van der Waals surface area contributed by atoms with Gasteiger partial charge in [0, 0.05) is 29.1 Å². The minimum absolute atomic E-state index is 0.0295. The largest absolute Gasteiger partial charge is 0.490 e. The summed E-state index contributed by atoms with van der Waals surface area (Å²) in [6.07, 6.45) is 3.74. The number of benzene rings is 3. The van der Waals surface area contributed by atoms with Crippen molar-refractivity contribution < 1.29 is 23.5 Å². The predicted molar refractivity (Wildman–Crippen MR) is 146 cm³/mol. The molecule has 3 rings (SSSR count). The highest BCUT2D eigenvalue weighted by molar-refractivity contribution is 6.31. The van der Waals surface area contributed by atoms with E-state index in [9.17, 15) is 14.0 Å². The van der Waals surface area contributed by atoms with Gasteiger partial charge in [-0.25, -0.2) is 9.82 Å². The van der Waals surface area contributed by atoms with Gasteiger partial charge < -0.3 is 14.8 Å². The average Bonchev–Trinajstić information content (AvgIpc) is 2.89. The second kappa shape index (κ2) is 14.5. The van der Waals surface area contributed by atoms with Crippen molar-refractivity contribution in [2.24, 2.45) is 5.10 Å². The van der Waals surface area contributed by atoms with Crippen molar-refractivity contribution in [3.63, 3.8) is 0 Å². The first-order chi connectivity index (χ1) is 18.4. The molecular formula is C29H29ClFN3O4. The molecule has 0 bridgehead atoms. The van der Waals surface area contributed by atoms with E-state index < -0.39 is 17.6 Å². The zero-order chi connectivity index (χ0) is 27.3. The van der Waals surface area contributed by atoms with Crippen LogP contribution >= 0.6 is 11.6 Å². The number of allylic oxidation sites excluding steroid dienone is 1. The molecule has 2 amide bonds. The molecule has 0 aromatic heterocycles. The molecule has 198 valence electrons. The molecule has 0 saturated carbocycles. The molecule has 0 aliphatic rings. The third-order valence-electron chi connectivity index (χ3n) is 5.31. The maximum atomic E-state index is 13.7. The van der Waals surface area contributed by atoms with Crippen LogP contribution in [0.25, 0.3) is 0 Å². The van der Waals surface area contributed by atoms with Gasteiger partial charge >= 0.3 is 0 Å². The van der Waals surface area contributed by atoms with E-state index >= 15 is 0 Å². The monoisotopic (exact) mass is 537 g/mol. The van der Waals surface area contributed by atoms with Crippen LogP contribution in [0.4, 0.5) is 4.39 Å². The summed E-state index contributed by atoms with van der Waals surface area (Å²) in [4.78, 5) is 24.2. The number of amides is 2. The molecule has 7 nitrogen and oxygen atoms in total. The Labute approximate surface area is 226 Å². The lowest BCUT2D eigenvalue weighted by atomic mass is 10.1. The first-order valence-electron chi connectivity index (χ1n) is 12.0. The highest BCUT2D eigenvalue weighted by atomic mass is 35.5. The van der Waals surface area contributed by atoms with Crippen LogP contribution in [0.1, 0.15) is 40.4 Å². The lowest BCUT2D eigenvalue weighted by Gasteiger charge is -2.17. The zero-order valence-electron chi connectivity index (χ0n) is 21.0. The number of hydrogen-bond donors (Lipinski definition) is 2. The lowest BCUT2D eigenvalue weighted by molar-refractivity contribution is -0.120. The van der Waals surface area contributed by atoms with Gasteiger partial charge in [0.15, 0.2) is 11.5 Å². The van der Waals surface area contributed by atoms with Crippen LogP contribution in [-0.4, -0.2) is 31.2 Å². The van der Waals surface area contributed by atoms with E-state index in [1.165, 1.54) is 24.4 Å². The van der Waals surface area contributed by atoms with Crippen LogP contribution in [0.3, 0.4) is 0 Å². The molecule has 9 heteroatoms. The number of nitrogens with zero attached hydrogens (tertiary/aromatic N) is 1. The molecule has 2 N–H and O–H groups in total. The van der Waals surface area contributed by atoms with Crippen molar-refractivity contribution in [1.82, 2.24) is 10.7 Å². The summed E-state index contributed by atoms with van der Waals surface area (Å²) in [5.41, 5.74) is 4.71. The maximum Gasteiger partial charge on any atom is 0.254 e. The van der Waals surface area contributed by atoms with Crippen molar-refractivity contribution in [2.45, 2.75) is 26.4 Å². The molecule has 0 spiro atoms. The number of halogens is 2. The summed E-state index contributed by atoms with van der Waals surface area (Å²) < 4.78 is 25.6. The molecular weight excluding hydrogens is 509 g/mol. The van der Waals surface area contributed by atoms with E-state index in [1.807, 2.05) is 31.2 Å². The second-order valence-corrected chi connectivity index (χ2v) is 8.50. The minimum Gasteiger partial charge on any atom is -0.490 e.